The van der Waals surface area contributed by atoms with Crippen LogP contribution >= 0.6 is 0 Å². The number of rotatable bonds is 4. The molecule has 2 aliphatic rings. The largest absolute Gasteiger partial charge is 0.484 e. The molecule has 1 spiro atoms. The maximum absolute atomic E-state index is 12.8. The molecule has 2 fully saturated rings. The van der Waals surface area contributed by atoms with Crippen molar-refractivity contribution in [2.75, 3.05) is 46.0 Å². The minimum absolute atomic E-state index is 0.0558. The molecular weight excluding hydrogens is 374 g/mol. The van der Waals surface area contributed by atoms with Crippen LogP contribution < -0.4 is 4.74 Å². The number of hydrogen-bond donors (Lipinski definition) is 0. The van der Waals surface area contributed by atoms with E-state index in [9.17, 15) is 9.59 Å². The van der Waals surface area contributed by atoms with E-state index in [1.165, 1.54) is 0 Å². The van der Waals surface area contributed by atoms with Crippen LogP contribution in [0.3, 0.4) is 0 Å². The highest BCUT2D eigenvalue weighted by molar-refractivity contribution is 5.94. The highest BCUT2D eigenvalue weighted by Crippen LogP contribution is 2.26. The normalized spacial score (nSPS) is 21.8. The zero-order valence-electron chi connectivity index (χ0n) is 16.0. The van der Waals surface area contributed by atoms with Gasteiger partial charge in [0.15, 0.2) is 6.61 Å². The van der Waals surface area contributed by atoms with Crippen LogP contribution in [-0.4, -0.2) is 78.4 Å². The highest BCUT2D eigenvalue weighted by atomic mass is 16.7. The van der Waals surface area contributed by atoms with Crippen molar-refractivity contribution < 1.29 is 23.8 Å². The first-order chi connectivity index (χ1) is 14.2. The van der Waals surface area contributed by atoms with Crippen molar-refractivity contribution in [1.29, 1.82) is 0 Å². The average molecular weight is 397 g/mol. The molecule has 3 heterocycles. The summed E-state index contributed by atoms with van der Waals surface area (Å²) in [6, 6.07) is 12.6. The quantitative estimate of drug-likeness (QED) is 0.771. The van der Waals surface area contributed by atoms with Crippen LogP contribution in [0, 0.1) is 0 Å². The number of para-hydroxylation sites is 1. The van der Waals surface area contributed by atoms with Crippen LogP contribution in [0.2, 0.25) is 0 Å². The summed E-state index contributed by atoms with van der Waals surface area (Å²) >= 11 is 0. The van der Waals surface area contributed by atoms with Gasteiger partial charge in [0.25, 0.3) is 11.8 Å². The first kappa shape index (κ1) is 19.4. The van der Waals surface area contributed by atoms with Gasteiger partial charge in [-0.1, -0.05) is 18.2 Å². The molecule has 8 nitrogen and oxygen atoms in total. The van der Waals surface area contributed by atoms with Crippen LogP contribution in [-0.2, 0) is 14.3 Å². The molecule has 2 aliphatic heterocycles. The topological polar surface area (TPSA) is 81.2 Å². The molecule has 1 aromatic carbocycles. The molecule has 4 rings (SSSR count). The van der Waals surface area contributed by atoms with Gasteiger partial charge in [-0.3, -0.25) is 14.6 Å². The fraction of sp³-hybridized carbons (Fsp3) is 0.381. The molecule has 2 aromatic rings. The molecular formula is C21H23N3O5. The lowest BCUT2D eigenvalue weighted by Gasteiger charge is -2.47. The summed E-state index contributed by atoms with van der Waals surface area (Å²) in [4.78, 5) is 32.7. The number of nitrogens with zero attached hydrogens (tertiary/aromatic N) is 3. The Hall–Kier alpha value is -2.97. The lowest BCUT2D eigenvalue weighted by molar-refractivity contribution is -0.284. The van der Waals surface area contributed by atoms with E-state index in [1.807, 2.05) is 18.2 Å². The second kappa shape index (κ2) is 8.59. The van der Waals surface area contributed by atoms with Gasteiger partial charge in [0.2, 0.25) is 5.79 Å². The lowest BCUT2D eigenvalue weighted by Crippen LogP contribution is -2.64. The maximum Gasteiger partial charge on any atom is 0.260 e. The van der Waals surface area contributed by atoms with Crippen molar-refractivity contribution in [3.8, 4) is 5.75 Å². The fourth-order valence-corrected chi connectivity index (χ4v) is 3.51. The monoisotopic (exact) mass is 397 g/mol. The first-order valence-corrected chi connectivity index (χ1v) is 9.58. The zero-order chi connectivity index (χ0) is 20.1. The molecule has 2 amide bonds. The van der Waals surface area contributed by atoms with Crippen molar-refractivity contribution in [3.63, 3.8) is 0 Å². The van der Waals surface area contributed by atoms with Crippen LogP contribution in [0.15, 0.2) is 54.9 Å². The van der Waals surface area contributed by atoms with Crippen LogP contribution in [0.4, 0.5) is 0 Å². The Morgan fingerprint density at radius 3 is 2.34 bits per heavy atom. The second-order valence-electron chi connectivity index (χ2n) is 6.99. The third kappa shape index (κ3) is 4.55. The van der Waals surface area contributed by atoms with Gasteiger partial charge in [0.05, 0.1) is 26.3 Å². The molecule has 8 heteroatoms. The smallest absolute Gasteiger partial charge is 0.260 e. The number of benzene rings is 1. The van der Waals surface area contributed by atoms with Gasteiger partial charge in [-0.15, -0.1) is 0 Å². The molecule has 0 radical (unpaired) electrons. The molecule has 0 N–H and O–H groups in total. The third-order valence-corrected chi connectivity index (χ3v) is 4.99. The number of morpholine rings is 2. The summed E-state index contributed by atoms with van der Waals surface area (Å²) < 4.78 is 17.4. The van der Waals surface area contributed by atoms with Gasteiger partial charge in [0, 0.05) is 31.0 Å². The maximum atomic E-state index is 12.8. The van der Waals surface area contributed by atoms with Gasteiger partial charge in [-0.05, 0) is 24.3 Å². The van der Waals surface area contributed by atoms with Crippen molar-refractivity contribution in [3.05, 3.63) is 60.4 Å². The summed E-state index contributed by atoms with van der Waals surface area (Å²) in [5.74, 6) is -0.610. The number of carbonyl (C=O) groups excluding carboxylic acids is 2. The second-order valence-corrected chi connectivity index (χ2v) is 6.99. The standard InChI is InChI=1S/C21H23N3O5/c25-19(14-27-18-4-2-1-3-5-18)23-10-12-28-21(15-23)16-24(11-13-29-21)20(26)17-6-8-22-9-7-17/h1-9H,10-16H2. The minimum atomic E-state index is -1.01. The van der Waals surface area contributed by atoms with Crippen molar-refractivity contribution in [2.24, 2.45) is 0 Å². The predicted molar refractivity (Wildman–Crippen MR) is 103 cm³/mol. The molecule has 29 heavy (non-hydrogen) atoms. The Kier molecular flexibility index (Phi) is 5.73. The van der Waals surface area contributed by atoms with Gasteiger partial charge in [0.1, 0.15) is 5.75 Å². The molecule has 1 atom stereocenters. The van der Waals surface area contributed by atoms with E-state index >= 15 is 0 Å². The van der Waals surface area contributed by atoms with E-state index in [0.717, 1.165) is 0 Å². The Balaban J connectivity index is 1.38. The fourth-order valence-electron chi connectivity index (χ4n) is 3.51. The Morgan fingerprint density at radius 1 is 0.966 bits per heavy atom. The molecule has 0 saturated carbocycles. The SMILES string of the molecule is O=C(COc1ccccc1)N1CCOC2(C1)CN(C(=O)c1ccncc1)CCO2. The van der Waals surface area contributed by atoms with Crippen molar-refractivity contribution in [2.45, 2.75) is 5.79 Å². The predicted octanol–water partition coefficient (Wildman–Crippen LogP) is 1.19. The zero-order valence-corrected chi connectivity index (χ0v) is 16.0. The molecule has 152 valence electrons. The summed E-state index contributed by atoms with van der Waals surface area (Å²) in [6.07, 6.45) is 3.18. The molecule has 1 unspecified atom stereocenters. The summed E-state index contributed by atoms with van der Waals surface area (Å²) in [6.45, 7) is 2.08. The highest BCUT2D eigenvalue weighted by Gasteiger charge is 2.44. The minimum Gasteiger partial charge on any atom is -0.484 e. The van der Waals surface area contributed by atoms with Crippen LogP contribution in [0.1, 0.15) is 10.4 Å². The average Bonchev–Trinajstić information content (AvgIpc) is 2.78. The number of carbonyl (C=O) groups is 2. The number of aromatic nitrogens is 1. The van der Waals surface area contributed by atoms with E-state index in [4.69, 9.17) is 14.2 Å². The van der Waals surface area contributed by atoms with Crippen LogP contribution in [0.25, 0.3) is 0 Å². The number of hydrogen-bond acceptors (Lipinski definition) is 6. The van der Waals surface area contributed by atoms with Gasteiger partial charge < -0.3 is 24.0 Å². The summed E-state index contributed by atoms with van der Waals surface area (Å²) in [5, 5.41) is 0. The first-order valence-electron chi connectivity index (χ1n) is 9.58. The van der Waals surface area contributed by atoms with E-state index in [-0.39, 0.29) is 31.5 Å². The van der Waals surface area contributed by atoms with E-state index in [1.54, 1.807) is 46.5 Å². The van der Waals surface area contributed by atoms with E-state index in [0.29, 0.717) is 37.6 Å². The van der Waals surface area contributed by atoms with Crippen molar-refractivity contribution >= 4 is 11.8 Å². The summed E-state index contributed by atoms with van der Waals surface area (Å²) in [5.41, 5.74) is 0.567. The Bertz CT molecular complexity index is 844. The van der Waals surface area contributed by atoms with E-state index < -0.39 is 5.79 Å². The molecule has 2 saturated heterocycles. The third-order valence-electron chi connectivity index (χ3n) is 4.99. The Labute approximate surface area is 169 Å². The van der Waals surface area contributed by atoms with Crippen molar-refractivity contribution in [1.82, 2.24) is 14.8 Å². The number of ether oxygens (including phenoxy) is 3. The molecule has 1 aromatic heterocycles. The molecule has 0 aliphatic carbocycles. The number of pyridine rings is 1. The Morgan fingerprint density at radius 2 is 1.62 bits per heavy atom. The summed E-state index contributed by atoms with van der Waals surface area (Å²) in [7, 11) is 0. The molecule has 0 bridgehead atoms. The van der Waals surface area contributed by atoms with Gasteiger partial charge in [-0.25, -0.2) is 0 Å². The van der Waals surface area contributed by atoms with Gasteiger partial charge in [-0.2, -0.15) is 0 Å². The van der Waals surface area contributed by atoms with Crippen LogP contribution in [0.5, 0.6) is 5.75 Å². The lowest BCUT2D eigenvalue weighted by atomic mass is 10.1. The van der Waals surface area contributed by atoms with Gasteiger partial charge >= 0.3 is 0 Å². The number of amides is 2. The van der Waals surface area contributed by atoms with E-state index in [2.05, 4.69) is 4.98 Å².